The molecule has 140 valence electrons. The molecule has 0 unspecified atom stereocenters. The van der Waals surface area contributed by atoms with E-state index in [2.05, 4.69) is 19.2 Å². The Morgan fingerprint density at radius 2 is 1.77 bits per heavy atom. The van der Waals surface area contributed by atoms with E-state index in [0.29, 0.717) is 5.92 Å². The van der Waals surface area contributed by atoms with Crippen LogP contribution in [0.2, 0.25) is 0 Å². The topological polar surface area (TPSA) is 47.6 Å². The van der Waals surface area contributed by atoms with Gasteiger partial charge in [0.1, 0.15) is 11.5 Å². The molecule has 0 aromatic heterocycles. The summed E-state index contributed by atoms with van der Waals surface area (Å²) in [6.45, 7) is 8.33. The van der Waals surface area contributed by atoms with Crippen molar-refractivity contribution in [3.8, 4) is 11.5 Å². The third kappa shape index (κ3) is 5.80. The van der Waals surface area contributed by atoms with Crippen molar-refractivity contribution in [1.29, 1.82) is 0 Å². The smallest absolute Gasteiger partial charge is 0.258 e. The predicted molar refractivity (Wildman–Crippen MR) is 105 cm³/mol. The third-order valence-electron chi connectivity index (χ3n) is 4.25. The van der Waals surface area contributed by atoms with Crippen molar-refractivity contribution in [1.82, 2.24) is 5.32 Å². The first-order valence-electron chi connectivity index (χ1n) is 9.02. The average Bonchev–Trinajstić information content (AvgIpc) is 2.60. The second kappa shape index (κ2) is 9.27. The summed E-state index contributed by atoms with van der Waals surface area (Å²) in [6.07, 6.45) is 0.863. The van der Waals surface area contributed by atoms with Gasteiger partial charge >= 0.3 is 0 Å². The number of carbonyl (C=O) groups is 1. The van der Waals surface area contributed by atoms with Crippen molar-refractivity contribution < 1.29 is 14.3 Å². The van der Waals surface area contributed by atoms with Gasteiger partial charge in [0.2, 0.25) is 0 Å². The van der Waals surface area contributed by atoms with Crippen LogP contribution >= 0.6 is 0 Å². The maximum atomic E-state index is 12.4. The Bertz CT molecular complexity index is 723. The lowest BCUT2D eigenvalue weighted by atomic mass is 9.97. The molecule has 0 fully saturated rings. The number of amides is 1. The quantitative estimate of drug-likeness (QED) is 0.753. The first-order chi connectivity index (χ1) is 12.4. The van der Waals surface area contributed by atoms with E-state index in [4.69, 9.17) is 9.47 Å². The molecule has 0 saturated carbocycles. The van der Waals surface area contributed by atoms with Crippen LogP contribution in [0.5, 0.6) is 11.5 Å². The highest BCUT2D eigenvalue weighted by Crippen LogP contribution is 2.24. The summed E-state index contributed by atoms with van der Waals surface area (Å²) in [5.41, 5.74) is 3.28. The minimum absolute atomic E-state index is 0.00858. The molecule has 1 N–H and O–H groups in total. The highest BCUT2D eigenvalue weighted by Gasteiger charge is 2.17. The summed E-state index contributed by atoms with van der Waals surface area (Å²) in [7, 11) is 1.65. The number of nitrogens with one attached hydrogen (secondary N) is 1. The minimum Gasteiger partial charge on any atom is -0.497 e. The molecule has 0 aliphatic heterocycles. The van der Waals surface area contributed by atoms with E-state index in [-0.39, 0.29) is 18.6 Å². The lowest BCUT2D eigenvalue weighted by molar-refractivity contribution is -0.124. The summed E-state index contributed by atoms with van der Waals surface area (Å²) < 4.78 is 10.9. The fraction of sp³-hybridized carbons (Fsp3) is 0.409. The van der Waals surface area contributed by atoms with Gasteiger partial charge in [0.05, 0.1) is 13.2 Å². The molecule has 0 saturated heterocycles. The summed E-state index contributed by atoms with van der Waals surface area (Å²) in [5.74, 6) is 1.89. The summed E-state index contributed by atoms with van der Waals surface area (Å²) in [5, 5.41) is 3.10. The lowest BCUT2D eigenvalue weighted by Gasteiger charge is -2.21. The molecule has 0 radical (unpaired) electrons. The molecular formula is C22H29NO3. The van der Waals surface area contributed by atoms with Crippen molar-refractivity contribution in [2.45, 2.75) is 40.2 Å². The lowest BCUT2D eigenvalue weighted by Crippen LogP contribution is -2.33. The number of ether oxygens (including phenoxy) is 2. The summed E-state index contributed by atoms with van der Waals surface area (Å²) >= 11 is 0. The molecule has 1 atom stereocenters. The number of hydrogen-bond acceptors (Lipinski definition) is 3. The molecule has 4 heteroatoms. The van der Waals surface area contributed by atoms with E-state index in [1.54, 1.807) is 7.11 Å². The van der Waals surface area contributed by atoms with Crippen LogP contribution in [0.3, 0.4) is 0 Å². The largest absolute Gasteiger partial charge is 0.497 e. The Hall–Kier alpha value is -2.49. The van der Waals surface area contributed by atoms with E-state index >= 15 is 0 Å². The van der Waals surface area contributed by atoms with Crippen molar-refractivity contribution in [3.05, 3.63) is 59.2 Å². The molecule has 0 bridgehead atoms. The molecule has 2 aromatic carbocycles. The summed E-state index contributed by atoms with van der Waals surface area (Å²) in [6, 6.07) is 13.7. The number of hydrogen-bond donors (Lipinski definition) is 1. The number of aryl methyl sites for hydroxylation is 2. The Morgan fingerprint density at radius 1 is 1.08 bits per heavy atom. The molecule has 0 heterocycles. The summed E-state index contributed by atoms with van der Waals surface area (Å²) in [4.78, 5) is 12.4. The Balaban J connectivity index is 2.01. The average molecular weight is 355 g/mol. The second-order valence-corrected chi connectivity index (χ2v) is 7.08. The van der Waals surface area contributed by atoms with Gasteiger partial charge in [0.15, 0.2) is 6.61 Å². The molecule has 26 heavy (non-hydrogen) atoms. The van der Waals surface area contributed by atoms with Crippen LogP contribution in [0.15, 0.2) is 42.5 Å². The van der Waals surface area contributed by atoms with Crippen molar-refractivity contribution >= 4 is 5.91 Å². The minimum atomic E-state index is -0.119. The Labute approximate surface area is 156 Å². The Kier molecular flexibility index (Phi) is 7.07. The van der Waals surface area contributed by atoms with Gasteiger partial charge in [0.25, 0.3) is 5.91 Å². The maximum Gasteiger partial charge on any atom is 0.258 e. The fourth-order valence-corrected chi connectivity index (χ4v) is 2.93. The van der Waals surface area contributed by atoms with Crippen LogP contribution in [0.25, 0.3) is 0 Å². The molecular weight excluding hydrogens is 326 g/mol. The van der Waals surface area contributed by atoms with Crippen LogP contribution in [0.4, 0.5) is 0 Å². The van der Waals surface area contributed by atoms with E-state index in [9.17, 15) is 4.79 Å². The zero-order valence-electron chi connectivity index (χ0n) is 16.3. The van der Waals surface area contributed by atoms with E-state index in [1.807, 2.05) is 56.3 Å². The standard InChI is InChI=1S/C22H29NO3/c1-15(2)12-20(18-7-9-19(25-5)10-8-18)23-22(24)14-26-21-11-6-16(3)13-17(21)4/h6-11,13,15,20H,12,14H2,1-5H3,(H,23,24)/t20-/m0/s1. The first-order valence-corrected chi connectivity index (χ1v) is 9.02. The molecule has 0 aliphatic rings. The van der Waals surface area contributed by atoms with Gasteiger partial charge in [-0.25, -0.2) is 0 Å². The van der Waals surface area contributed by atoms with Crippen LogP contribution in [-0.2, 0) is 4.79 Å². The molecule has 4 nitrogen and oxygen atoms in total. The van der Waals surface area contributed by atoms with Gasteiger partial charge in [-0.2, -0.15) is 0 Å². The van der Waals surface area contributed by atoms with Crippen LogP contribution in [-0.4, -0.2) is 19.6 Å². The van der Waals surface area contributed by atoms with Crippen molar-refractivity contribution in [2.24, 2.45) is 5.92 Å². The zero-order chi connectivity index (χ0) is 19.1. The van der Waals surface area contributed by atoms with Gasteiger partial charge < -0.3 is 14.8 Å². The number of methoxy groups -OCH3 is 1. The molecule has 0 spiro atoms. The zero-order valence-corrected chi connectivity index (χ0v) is 16.3. The highest BCUT2D eigenvalue weighted by molar-refractivity contribution is 5.78. The van der Waals surface area contributed by atoms with Crippen molar-refractivity contribution in [3.63, 3.8) is 0 Å². The van der Waals surface area contributed by atoms with E-state index < -0.39 is 0 Å². The molecule has 0 aliphatic carbocycles. The van der Waals surface area contributed by atoms with Crippen LogP contribution in [0, 0.1) is 19.8 Å². The first kappa shape index (κ1) is 19.8. The monoisotopic (exact) mass is 355 g/mol. The highest BCUT2D eigenvalue weighted by atomic mass is 16.5. The fourth-order valence-electron chi connectivity index (χ4n) is 2.93. The number of rotatable bonds is 8. The Morgan fingerprint density at radius 3 is 2.35 bits per heavy atom. The van der Waals surface area contributed by atoms with E-state index in [1.165, 1.54) is 5.56 Å². The molecule has 2 aromatic rings. The van der Waals surface area contributed by atoms with Gasteiger partial charge in [0, 0.05) is 0 Å². The van der Waals surface area contributed by atoms with Gasteiger partial charge in [-0.05, 0) is 55.5 Å². The number of carbonyl (C=O) groups excluding carboxylic acids is 1. The predicted octanol–water partition coefficient (Wildman–Crippen LogP) is 4.59. The van der Waals surface area contributed by atoms with Crippen LogP contribution < -0.4 is 14.8 Å². The van der Waals surface area contributed by atoms with Gasteiger partial charge in [-0.3, -0.25) is 4.79 Å². The SMILES string of the molecule is COc1ccc([C@H](CC(C)C)NC(=O)COc2ccc(C)cc2C)cc1. The van der Waals surface area contributed by atoms with Gasteiger partial charge in [-0.1, -0.05) is 43.7 Å². The normalized spacial score (nSPS) is 11.9. The second-order valence-electron chi connectivity index (χ2n) is 7.08. The van der Waals surface area contributed by atoms with Gasteiger partial charge in [-0.15, -0.1) is 0 Å². The number of benzene rings is 2. The molecule has 2 rings (SSSR count). The van der Waals surface area contributed by atoms with Crippen molar-refractivity contribution in [2.75, 3.05) is 13.7 Å². The third-order valence-corrected chi connectivity index (χ3v) is 4.25. The van der Waals surface area contributed by atoms with Crippen LogP contribution in [0.1, 0.15) is 43.0 Å². The van der Waals surface area contributed by atoms with E-state index in [0.717, 1.165) is 29.0 Å². The molecule has 1 amide bonds. The maximum absolute atomic E-state index is 12.4.